The summed E-state index contributed by atoms with van der Waals surface area (Å²) in [6.07, 6.45) is 0. The largest absolute Gasteiger partial charge is 0.497 e. The highest BCUT2D eigenvalue weighted by Gasteiger charge is 2.28. The van der Waals surface area contributed by atoms with E-state index < -0.39 is 10.0 Å². The molecule has 0 atom stereocenters. The number of hydrogen-bond acceptors (Lipinski definition) is 4. The third kappa shape index (κ3) is 3.02. The second kappa shape index (κ2) is 5.94. The number of nitrogens with zero attached hydrogens (tertiary/aromatic N) is 2. The number of nitrogens with two attached hydrogens (primary N) is 1. The zero-order valence-corrected chi connectivity index (χ0v) is 12.8. The van der Waals surface area contributed by atoms with E-state index in [1.807, 2.05) is 0 Å². The molecule has 8 heteroatoms. The van der Waals surface area contributed by atoms with E-state index in [0.29, 0.717) is 37.0 Å². The van der Waals surface area contributed by atoms with Crippen LogP contribution in [0.25, 0.3) is 0 Å². The van der Waals surface area contributed by atoms with Crippen molar-refractivity contribution >= 4 is 27.4 Å². The Morgan fingerprint density at radius 2 is 1.75 bits per heavy atom. The summed E-state index contributed by atoms with van der Waals surface area (Å²) in [4.78, 5) is 2.07. The Kier molecular flexibility index (Phi) is 4.46. The molecule has 0 radical (unpaired) electrons. The first-order valence-electron chi connectivity index (χ1n) is 6.14. The molecule has 1 aromatic rings. The van der Waals surface area contributed by atoms with Crippen molar-refractivity contribution in [1.82, 2.24) is 9.21 Å². The summed E-state index contributed by atoms with van der Waals surface area (Å²) in [6.45, 7) is 1.80. The second-order valence-electron chi connectivity index (χ2n) is 4.40. The van der Waals surface area contributed by atoms with Gasteiger partial charge in [0.05, 0.1) is 12.0 Å². The lowest BCUT2D eigenvalue weighted by atomic mass is 10.3. The number of sulfonamides is 1. The quantitative estimate of drug-likeness (QED) is 0.806. The first kappa shape index (κ1) is 15.0. The molecule has 0 saturated carbocycles. The molecular weight excluding hydrogens is 298 g/mol. The van der Waals surface area contributed by atoms with Crippen molar-refractivity contribution in [3.63, 3.8) is 0 Å². The molecule has 1 aromatic carbocycles. The highest BCUT2D eigenvalue weighted by Crippen LogP contribution is 2.20. The fourth-order valence-corrected chi connectivity index (χ4v) is 3.65. The number of methoxy groups -OCH3 is 1. The van der Waals surface area contributed by atoms with Gasteiger partial charge in [0.15, 0.2) is 5.11 Å². The molecule has 0 aromatic heterocycles. The van der Waals surface area contributed by atoms with Crippen LogP contribution >= 0.6 is 12.2 Å². The zero-order chi connectivity index (χ0) is 14.8. The molecule has 20 heavy (non-hydrogen) atoms. The van der Waals surface area contributed by atoms with Crippen LogP contribution < -0.4 is 10.5 Å². The summed E-state index contributed by atoms with van der Waals surface area (Å²) in [7, 11) is -1.93. The Labute approximate surface area is 124 Å². The van der Waals surface area contributed by atoms with E-state index in [1.165, 1.54) is 4.31 Å². The van der Waals surface area contributed by atoms with Gasteiger partial charge in [0.1, 0.15) is 5.75 Å². The fraction of sp³-hybridized carbons (Fsp3) is 0.417. The average Bonchev–Trinajstić information content (AvgIpc) is 2.47. The van der Waals surface area contributed by atoms with E-state index in [9.17, 15) is 8.42 Å². The standard InChI is InChI=1S/C12H17N3O3S2/c1-18-10-2-4-11(5-3-10)20(16,17)15-8-6-14(7-9-15)12(13)19/h2-5H,6-9H2,1H3,(H2,13,19). The van der Waals surface area contributed by atoms with Crippen molar-refractivity contribution in [3.05, 3.63) is 24.3 Å². The van der Waals surface area contributed by atoms with Crippen molar-refractivity contribution in [2.75, 3.05) is 33.3 Å². The molecule has 1 aliphatic heterocycles. The van der Waals surface area contributed by atoms with Gasteiger partial charge in [0.25, 0.3) is 0 Å². The molecule has 1 saturated heterocycles. The van der Waals surface area contributed by atoms with Gasteiger partial charge in [-0.3, -0.25) is 0 Å². The normalized spacial score (nSPS) is 16.9. The second-order valence-corrected chi connectivity index (χ2v) is 6.76. The van der Waals surface area contributed by atoms with Crippen LogP contribution in [0.2, 0.25) is 0 Å². The molecule has 2 N–H and O–H groups in total. The zero-order valence-electron chi connectivity index (χ0n) is 11.2. The Morgan fingerprint density at radius 1 is 1.20 bits per heavy atom. The van der Waals surface area contributed by atoms with E-state index in [-0.39, 0.29) is 4.90 Å². The topological polar surface area (TPSA) is 75.9 Å². The third-order valence-electron chi connectivity index (χ3n) is 3.25. The number of thiocarbonyl (C=S) groups is 1. The number of hydrogen-bond donors (Lipinski definition) is 1. The minimum absolute atomic E-state index is 0.266. The maximum absolute atomic E-state index is 12.5. The number of ether oxygens (including phenoxy) is 1. The molecule has 1 heterocycles. The highest BCUT2D eigenvalue weighted by molar-refractivity contribution is 7.89. The van der Waals surface area contributed by atoms with Gasteiger partial charge in [-0.15, -0.1) is 0 Å². The Morgan fingerprint density at radius 3 is 2.20 bits per heavy atom. The molecule has 0 unspecified atom stereocenters. The summed E-state index contributed by atoms with van der Waals surface area (Å²) in [5, 5.41) is 0.312. The minimum Gasteiger partial charge on any atom is -0.497 e. The van der Waals surface area contributed by atoms with Crippen molar-refractivity contribution in [2.45, 2.75) is 4.90 Å². The lowest BCUT2D eigenvalue weighted by Crippen LogP contribution is -2.51. The monoisotopic (exact) mass is 315 g/mol. The number of piperazine rings is 1. The van der Waals surface area contributed by atoms with Gasteiger partial charge in [-0.05, 0) is 36.5 Å². The van der Waals surface area contributed by atoms with Crippen LogP contribution in [0, 0.1) is 0 Å². The lowest BCUT2D eigenvalue weighted by molar-refractivity contribution is 0.267. The van der Waals surface area contributed by atoms with Crippen LogP contribution in [0.4, 0.5) is 0 Å². The van der Waals surface area contributed by atoms with E-state index in [4.69, 9.17) is 22.7 Å². The smallest absolute Gasteiger partial charge is 0.243 e. The maximum atomic E-state index is 12.5. The predicted molar refractivity (Wildman–Crippen MR) is 80.1 cm³/mol. The van der Waals surface area contributed by atoms with Gasteiger partial charge in [0.2, 0.25) is 10.0 Å². The Hall–Kier alpha value is -1.38. The van der Waals surface area contributed by atoms with E-state index >= 15 is 0 Å². The van der Waals surface area contributed by atoms with Crippen LogP contribution in [-0.2, 0) is 10.0 Å². The number of rotatable bonds is 3. The molecule has 0 bridgehead atoms. The first-order chi connectivity index (χ1) is 9.45. The van der Waals surface area contributed by atoms with Crippen LogP contribution in [0.1, 0.15) is 0 Å². The maximum Gasteiger partial charge on any atom is 0.243 e. The van der Waals surface area contributed by atoms with Crippen molar-refractivity contribution in [1.29, 1.82) is 0 Å². The average molecular weight is 315 g/mol. The van der Waals surface area contributed by atoms with E-state index in [2.05, 4.69) is 0 Å². The summed E-state index contributed by atoms with van der Waals surface area (Å²) in [6, 6.07) is 6.37. The Balaban J connectivity index is 2.13. The van der Waals surface area contributed by atoms with Gasteiger partial charge >= 0.3 is 0 Å². The van der Waals surface area contributed by atoms with Crippen LogP contribution in [0.3, 0.4) is 0 Å². The highest BCUT2D eigenvalue weighted by atomic mass is 32.2. The molecule has 6 nitrogen and oxygen atoms in total. The minimum atomic E-state index is -3.47. The summed E-state index contributed by atoms with van der Waals surface area (Å²) >= 11 is 4.89. The van der Waals surface area contributed by atoms with Crippen LogP contribution in [0.15, 0.2) is 29.2 Å². The summed E-state index contributed by atoms with van der Waals surface area (Å²) in [5.41, 5.74) is 5.54. The van der Waals surface area contributed by atoms with Gasteiger partial charge in [0, 0.05) is 26.2 Å². The SMILES string of the molecule is COc1ccc(S(=O)(=O)N2CCN(C(N)=S)CC2)cc1. The molecule has 0 aliphatic carbocycles. The molecule has 1 fully saturated rings. The summed E-state index contributed by atoms with van der Waals surface area (Å²) in [5.74, 6) is 0.627. The van der Waals surface area contributed by atoms with Crippen molar-refractivity contribution < 1.29 is 13.2 Å². The van der Waals surface area contributed by atoms with E-state index in [0.717, 1.165) is 0 Å². The van der Waals surface area contributed by atoms with Gasteiger partial charge in [-0.2, -0.15) is 4.31 Å². The third-order valence-corrected chi connectivity index (χ3v) is 5.42. The van der Waals surface area contributed by atoms with Crippen LogP contribution in [0.5, 0.6) is 5.75 Å². The predicted octanol–water partition coefficient (Wildman–Crippen LogP) is 0.245. The van der Waals surface area contributed by atoms with Gasteiger partial charge < -0.3 is 15.4 Å². The molecule has 110 valence electrons. The molecular formula is C12H17N3O3S2. The summed E-state index contributed by atoms with van der Waals surface area (Å²) < 4.78 is 31.4. The van der Waals surface area contributed by atoms with Crippen LogP contribution in [-0.4, -0.2) is 56.0 Å². The molecule has 1 aliphatic rings. The fourth-order valence-electron chi connectivity index (χ4n) is 2.05. The molecule has 0 spiro atoms. The number of benzene rings is 1. The van der Waals surface area contributed by atoms with Gasteiger partial charge in [-0.25, -0.2) is 8.42 Å². The van der Waals surface area contributed by atoms with E-state index in [1.54, 1.807) is 36.3 Å². The van der Waals surface area contributed by atoms with Crippen molar-refractivity contribution in [3.8, 4) is 5.75 Å². The van der Waals surface area contributed by atoms with Gasteiger partial charge in [-0.1, -0.05) is 0 Å². The first-order valence-corrected chi connectivity index (χ1v) is 7.98. The molecule has 2 rings (SSSR count). The molecule has 0 amide bonds. The Bertz CT molecular complexity index is 578. The van der Waals surface area contributed by atoms with Crippen molar-refractivity contribution in [2.24, 2.45) is 5.73 Å². The lowest BCUT2D eigenvalue weighted by Gasteiger charge is -2.34.